The number of halogens is 2. The van der Waals surface area contributed by atoms with Crippen LogP contribution in [0.15, 0.2) is 23.1 Å². The summed E-state index contributed by atoms with van der Waals surface area (Å²) >= 11 is 11.5. The van der Waals surface area contributed by atoms with Crippen LogP contribution in [0.5, 0.6) is 0 Å². The Bertz CT molecular complexity index is 615. The third-order valence-corrected chi connectivity index (χ3v) is 4.76. The molecule has 3 N–H and O–H groups in total. The lowest BCUT2D eigenvalue weighted by Gasteiger charge is -2.21. The highest BCUT2D eigenvalue weighted by Crippen LogP contribution is 2.28. The van der Waals surface area contributed by atoms with Crippen molar-refractivity contribution in [2.75, 3.05) is 6.54 Å². The van der Waals surface area contributed by atoms with Gasteiger partial charge in [-0.15, -0.1) is 0 Å². The van der Waals surface area contributed by atoms with Gasteiger partial charge >= 0.3 is 5.97 Å². The van der Waals surface area contributed by atoms with Gasteiger partial charge < -0.3 is 10.2 Å². The fourth-order valence-corrected chi connectivity index (χ4v) is 3.33. The second-order valence-corrected chi connectivity index (χ2v) is 6.96. The lowest BCUT2D eigenvalue weighted by atomic mass is 10.0. The molecule has 6 nitrogen and oxygen atoms in total. The van der Waals surface area contributed by atoms with Crippen LogP contribution in [0.2, 0.25) is 10.0 Å². The summed E-state index contributed by atoms with van der Waals surface area (Å²) in [6.07, 6.45) is -0.598. The van der Waals surface area contributed by atoms with Gasteiger partial charge in [0, 0.05) is 6.54 Å². The Morgan fingerprint density at radius 3 is 2.55 bits per heavy atom. The molecule has 9 heteroatoms. The summed E-state index contributed by atoms with van der Waals surface area (Å²) in [6, 6.07) is 4.10. The number of benzene rings is 1. The van der Waals surface area contributed by atoms with Gasteiger partial charge in [-0.05, 0) is 19.1 Å². The Morgan fingerprint density at radius 2 is 2.00 bits per heavy atom. The first-order valence-electron chi connectivity index (χ1n) is 5.43. The van der Waals surface area contributed by atoms with Crippen molar-refractivity contribution in [3.8, 4) is 0 Å². The number of sulfonamides is 1. The molecule has 0 amide bonds. The number of rotatable bonds is 6. The zero-order valence-corrected chi connectivity index (χ0v) is 12.8. The summed E-state index contributed by atoms with van der Waals surface area (Å²) in [7, 11) is -4.00. The van der Waals surface area contributed by atoms with Gasteiger partial charge in [0.05, 0.1) is 22.1 Å². The van der Waals surface area contributed by atoms with Crippen molar-refractivity contribution in [2.24, 2.45) is 0 Å². The molecule has 0 fully saturated rings. The maximum atomic E-state index is 12.0. The topological polar surface area (TPSA) is 104 Å². The average Bonchev–Trinajstić information content (AvgIpc) is 2.29. The van der Waals surface area contributed by atoms with Gasteiger partial charge in [0.25, 0.3) is 0 Å². The molecule has 0 radical (unpaired) electrons. The molecule has 0 spiro atoms. The van der Waals surface area contributed by atoms with Gasteiger partial charge in [0.2, 0.25) is 10.0 Å². The summed E-state index contributed by atoms with van der Waals surface area (Å²) < 4.78 is 26.2. The van der Waals surface area contributed by atoms with Crippen LogP contribution in [0.4, 0.5) is 0 Å². The molecule has 1 unspecified atom stereocenters. The summed E-state index contributed by atoms with van der Waals surface area (Å²) in [5.74, 6) is -1.24. The summed E-state index contributed by atoms with van der Waals surface area (Å²) in [4.78, 5) is 10.3. The lowest BCUT2D eigenvalue weighted by Crippen LogP contribution is -2.42. The summed E-state index contributed by atoms with van der Waals surface area (Å²) in [5.41, 5.74) is -1.72. The van der Waals surface area contributed by atoms with Crippen molar-refractivity contribution >= 4 is 39.2 Å². The predicted octanol–water partition coefficient (Wildman–Crippen LogP) is 1.50. The Labute approximate surface area is 126 Å². The van der Waals surface area contributed by atoms with E-state index in [1.165, 1.54) is 25.1 Å². The first kappa shape index (κ1) is 17.2. The summed E-state index contributed by atoms with van der Waals surface area (Å²) in [6.45, 7) is 0.744. The molecule has 0 bridgehead atoms. The highest BCUT2D eigenvalue weighted by atomic mass is 35.5. The molecule has 0 aliphatic carbocycles. The van der Waals surface area contributed by atoms with E-state index >= 15 is 0 Å². The van der Waals surface area contributed by atoms with Crippen molar-refractivity contribution in [1.82, 2.24) is 4.72 Å². The molecule has 1 atom stereocenters. The molecule has 1 aromatic carbocycles. The monoisotopic (exact) mass is 341 g/mol. The molecule has 0 aliphatic rings. The van der Waals surface area contributed by atoms with E-state index in [-0.39, 0.29) is 14.9 Å². The quantitative estimate of drug-likeness (QED) is 0.727. The second kappa shape index (κ2) is 6.28. The molecule has 0 saturated heterocycles. The molecule has 0 saturated carbocycles. The smallest absolute Gasteiger partial charge is 0.306 e. The van der Waals surface area contributed by atoms with Crippen LogP contribution < -0.4 is 4.72 Å². The minimum atomic E-state index is -4.00. The third-order valence-electron chi connectivity index (χ3n) is 2.38. The number of aliphatic hydroxyl groups is 1. The van der Waals surface area contributed by atoms with Crippen LogP contribution in [0.25, 0.3) is 0 Å². The van der Waals surface area contributed by atoms with E-state index in [0.717, 1.165) is 0 Å². The summed E-state index contributed by atoms with van der Waals surface area (Å²) in [5, 5.41) is 18.3. The molecule has 1 aromatic rings. The van der Waals surface area contributed by atoms with E-state index in [4.69, 9.17) is 28.3 Å². The van der Waals surface area contributed by atoms with Gasteiger partial charge in [-0.2, -0.15) is 0 Å². The van der Waals surface area contributed by atoms with Crippen LogP contribution in [0, 0.1) is 0 Å². The fourth-order valence-electron chi connectivity index (χ4n) is 1.41. The van der Waals surface area contributed by atoms with Crippen LogP contribution in [0.1, 0.15) is 13.3 Å². The standard InChI is InChI=1S/C11H13Cl2NO5S/c1-11(17,5-9(15)16)6-14-20(18,19)8-4-2-3-7(12)10(8)13/h2-4,14,17H,5-6H2,1H3,(H,15,16). The number of hydrogen-bond acceptors (Lipinski definition) is 4. The normalized spacial score (nSPS) is 14.8. The van der Waals surface area contributed by atoms with Crippen molar-refractivity contribution < 1.29 is 23.4 Å². The van der Waals surface area contributed by atoms with Crippen LogP contribution in [-0.2, 0) is 14.8 Å². The molecule has 1 rings (SSSR count). The van der Waals surface area contributed by atoms with E-state index < -0.39 is 34.6 Å². The predicted molar refractivity (Wildman–Crippen MR) is 74.5 cm³/mol. The fraction of sp³-hybridized carbons (Fsp3) is 0.364. The first-order valence-corrected chi connectivity index (χ1v) is 7.67. The molecule has 0 aliphatic heterocycles. The number of carboxylic acids is 1. The van der Waals surface area contributed by atoms with E-state index in [9.17, 15) is 18.3 Å². The minimum absolute atomic E-state index is 0.0758. The third kappa shape index (κ3) is 4.60. The number of carboxylic acid groups (broad SMARTS) is 1. The van der Waals surface area contributed by atoms with Crippen LogP contribution >= 0.6 is 23.2 Å². The van der Waals surface area contributed by atoms with Gasteiger partial charge in [-0.1, -0.05) is 29.3 Å². The Hall–Kier alpha value is -0.860. The minimum Gasteiger partial charge on any atom is -0.481 e. The Kier molecular flexibility index (Phi) is 5.39. The number of carbonyl (C=O) groups is 1. The Balaban J connectivity index is 2.91. The largest absolute Gasteiger partial charge is 0.481 e. The lowest BCUT2D eigenvalue weighted by molar-refractivity contribution is -0.141. The molecule has 0 heterocycles. The van der Waals surface area contributed by atoms with Gasteiger partial charge in [-0.25, -0.2) is 13.1 Å². The van der Waals surface area contributed by atoms with Crippen molar-refractivity contribution in [1.29, 1.82) is 0 Å². The second-order valence-electron chi connectivity index (χ2n) is 4.44. The molecular weight excluding hydrogens is 329 g/mol. The van der Waals surface area contributed by atoms with Gasteiger partial charge in [0.1, 0.15) is 4.90 Å². The van der Waals surface area contributed by atoms with Gasteiger partial charge in [-0.3, -0.25) is 4.79 Å². The van der Waals surface area contributed by atoms with Crippen molar-refractivity contribution in [3.63, 3.8) is 0 Å². The molecule has 0 aromatic heterocycles. The molecular formula is C11H13Cl2NO5S. The molecule has 112 valence electrons. The first-order chi connectivity index (χ1) is 9.05. The van der Waals surface area contributed by atoms with Crippen molar-refractivity contribution in [2.45, 2.75) is 23.8 Å². The SMILES string of the molecule is CC(O)(CNS(=O)(=O)c1cccc(Cl)c1Cl)CC(=O)O. The zero-order valence-electron chi connectivity index (χ0n) is 10.4. The van der Waals surface area contributed by atoms with E-state index in [0.29, 0.717) is 0 Å². The van der Waals surface area contributed by atoms with Crippen LogP contribution in [0.3, 0.4) is 0 Å². The average molecular weight is 342 g/mol. The maximum Gasteiger partial charge on any atom is 0.306 e. The van der Waals surface area contributed by atoms with E-state index in [1.54, 1.807) is 0 Å². The number of aliphatic carboxylic acids is 1. The van der Waals surface area contributed by atoms with E-state index in [1.807, 2.05) is 0 Å². The number of hydrogen-bond donors (Lipinski definition) is 3. The highest BCUT2D eigenvalue weighted by Gasteiger charge is 2.28. The molecule has 20 heavy (non-hydrogen) atoms. The Morgan fingerprint density at radius 1 is 1.40 bits per heavy atom. The van der Waals surface area contributed by atoms with E-state index in [2.05, 4.69) is 4.72 Å². The zero-order chi connectivity index (χ0) is 15.6. The number of nitrogens with one attached hydrogen (secondary N) is 1. The maximum absolute atomic E-state index is 12.0. The van der Waals surface area contributed by atoms with Crippen LogP contribution in [-0.4, -0.2) is 36.7 Å². The van der Waals surface area contributed by atoms with Crippen molar-refractivity contribution in [3.05, 3.63) is 28.2 Å². The highest BCUT2D eigenvalue weighted by molar-refractivity contribution is 7.89. The van der Waals surface area contributed by atoms with Gasteiger partial charge in [0.15, 0.2) is 0 Å².